The highest BCUT2D eigenvalue weighted by atomic mass is 16.6. The van der Waals surface area contributed by atoms with Crippen molar-refractivity contribution in [3.05, 3.63) is 39.9 Å². The highest BCUT2D eigenvalue weighted by Crippen LogP contribution is 2.24. The summed E-state index contributed by atoms with van der Waals surface area (Å²) in [4.78, 5) is 10.4. The Morgan fingerprint density at radius 1 is 1.50 bits per heavy atom. The summed E-state index contributed by atoms with van der Waals surface area (Å²) >= 11 is 0. The molecule has 0 saturated carbocycles. The normalized spacial score (nSPS) is 12.4. The third kappa shape index (κ3) is 3.29. The Bertz CT molecular complexity index is 355. The molecule has 0 aliphatic heterocycles. The summed E-state index contributed by atoms with van der Waals surface area (Å²) in [6.45, 7) is 2.64. The van der Waals surface area contributed by atoms with Gasteiger partial charge in [0.05, 0.1) is 4.92 Å². The van der Waals surface area contributed by atoms with Crippen molar-refractivity contribution < 1.29 is 10.0 Å². The fourth-order valence-corrected chi connectivity index (χ4v) is 1.53. The number of para-hydroxylation sites is 1. The SMILES string of the molecule is CC(NCCCO)c1ccccc1[N+](=O)[O-]. The third-order valence-electron chi connectivity index (χ3n) is 2.39. The Balaban J connectivity index is 2.74. The van der Waals surface area contributed by atoms with Crippen molar-refractivity contribution in [2.45, 2.75) is 19.4 Å². The molecular weight excluding hydrogens is 208 g/mol. The molecule has 0 saturated heterocycles. The van der Waals surface area contributed by atoms with Gasteiger partial charge >= 0.3 is 0 Å². The van der Waals surface area contributed by atoms with E-state index in [0.717, 1.165) is 0 Å². The average Bonchev–Trinajstić information content (AvgIpc) is 2.29. The summed E-state index contributed by atoms with van der Waals surface area (Å²) in [5, 5.41) is 22.6. The number of nitro groups is 1. The predicted molar refractivity (Wildman–Crippen MR) is 61.2 cm³/mol. The lowest BCUT2D eigenvalue weighted by Crippen LogP contribution is -2.21. The molecule has 1 aromatic carbocycles. The number of aliphatic hydroxyl groups is 1. The van der Waals surface area contributed by atoms with Gasteiger partial charge in [0.1, 0.15) is 0 Å². The van der Waals surface area contributed by atoms with E-state index in [1.807, 2.05) is 6.92 Å². The smallest absolute Gasteiger partial charge is 0.274 e. The van der Waals surface area contributed by atoms with Crippen LogP contribution in [0, 0.1) is 10.1 Å². The van der Waals surface area contributed by atoms with E-state index in [1.54, 1.807) is 18.2 Å². The van der Waals surface area contributed by atoms with Gasteiger partial charge in [-0.05, 0) is 19.9 Å². The lowest BCUT2D eigenvalue weighted by Gasteiger charge is -2.13. The molecule has 0 aliphatic rings. The fraction of sp³-hybridized carbons (Fsp3) is 0.455. The molecule has 5 nitrogen and oxygen atoms in total. The molecule has 0 spiro atoms. The van der Waals surface area contributed by atoms with Crippen molar-refractivity contribution in [2.75, 3.05) is 13.2 Å². The highest BCUT2D eigenvalue weighted by molar-refractivity contribution is 5.41. The second-order valence-corrected chi connectivity index (χ2v) is 3.57. The summed E-state index contributed by atoms with van der Waals surface area (Å²) in [6.07, 6.45) is 0.644. The number of aliphatic hydroxyl groups excluding tert-OH is 1. The molecular formula is C11H16N2O3. The van der Waals surface area contributed by atoms with Gasteiger partial charge in [0.2, 0.25) is 0 Å². The maximum atomic E-state index is 10.8. The molecule has 1 atom stereocenters. The van der Waals surface area contributed by atoms with Crippen molar-refractivity contribution in [1.29, 1.82) is 0 Å². The van der Waals surface area contributed by atoms with Crippen LogP contribution in [-0.4, -0.2) is 23.2 Å². The van der Waals surface area contributed by atoms with Crippen LogP contribution in [0.15, 0.2) is 24.3 Å². The predicted octanol–water partition coefficient (Wildman–Crippen LogP) is 1.63. The number of hydrogen-bond acceptors (Lipinski definition) is 4. The van der Waals surface area contributed by atoms with Crippen LogP contribution < -0.4 is 5.32 Å². The van der Waals surface area contributed by atoms with Crippen LogP contribution >= 0.6 is 0 Å². The minimum absolute atomic E-state index is 0.0897. The summed E-state index contributed by atoms with van der Waals surface area (Å²) in [5.74, 6) is 0. The maximum absolute atomic E-state index is 10.8. The van der Waals surface area contributed by atoms with Crippen molar-refractivity contribution in [2.24, 2.45) is 0 Å². The number of nitro benzene ring substituents is 1. The summed E-state index contributed by atoms with van der Waals surface area (Å²) < 4.78 is 0. The van der Waals surface area contributed by atoms with E-state index >= 15 is 0 Å². The monoisotopic (exact) mass is 224 g/mol. The summed E-state index contributed by atoms with van der Waals surface area (Å²) in [6, 6.07) is 6.59. The second-order valence-electron chi connectivity index (χ2n) is 3.57. The molecule has 88 valence electrons. The van der Waals surface area contributed by atoms with Crippen LogP contribution in [0.3, 0.4) is 0 Å². The molecule has 1 aromatic rings. The molecule has 0 bridgehead atoms. The number of nitrogens with one attached hydrogen (secondary N) is 1. The van der Waals surface area contributed by atoms with Crippen LogP contribution in [0.25, 0.3) is 0 Å². The largest absolute Gasteiger partial charge is 0.396 e. The zero-order chi connectivity index (χ0) is 12.0. The van der Waals surface area contributed by atoms with Crippen molar-refractivity contribution in [3.8, 4) is 0 Å². The Hall–Kier alpha value is -1.46. The molecule has 5 heteroatoms. The number of rotatable bonds is 6. The van der Waals surface area contributed by atoms with E-state index in [0.29, 0.717) is 18.5 Å². The Kier molecular flexibility index (Phi) is 4.88. The van der Waals surface area contributed by atoms with Crippen molar-refractivity contribution in [3.63, 3.8) is 0 Å². The first-order chi connectivity index (χ1) is 7.66. The minimum atomic E-state index is -0.375. The lowest BCUT2D eigenvalue weighted by atomic mass is 10.1. The van der Waals surface area contributed by atoms with E-state index in [-0.39, 0.29) is 23.3 Å². The first-order valence-corrected chi connectivity index (χ1v) is 5.24. The van der Waals surface area contributed by atoms with E-state index in [2.05, 4.69) is 5.32 Å². The molecule has 1 rings (SSSR count). The van der Waals surface area contributed by atoms with Crippen molar-refractivity contribution >= 4 is 5.69 Å². The molecule has 0 fully saturated rings. The maximum Gasteiger partial charge on any atom is 0.274 e. The van der Waals surface area contributed by atoms with Crippen LogP contribution in [0.1, 0.15) is 24.9 Å². The number of benzene rings is 1. The lowest BCUT2D eigenvalue weighted by molar-refractivity contribution is -0.385. The molecule has 0 amide bonds. The Morgan fingerprint density at radius 3 is 2.81 bits per heavy atom. The number of nitrogens with zero attached hydrogens (tertiary/aromatic N) is 1. The van der Waals surface area contributed by atoms with Crippen LogP contribution in [-0.2, 0) is 0 Å². The van der Waals surface area contributed by atoms with Gasteiger partial charge in [0.25, 0.3) is 5.69 Å². The van der Waals surface area contributed by atoms with Gasteiger partial charge in [-0.2, -0.15) is 0 Å². The molecule has 16 heavy (non-hydrogen) atoms. The first-order valence-electron chi connectivity index (χ1n) is 5.24. The van der Waals surface area contributed by atoms with E-state index in [1.165, 1.54) is 6.07 Å². The molecule has 2 N–H and O–H groups in total. The standard InChI is InChI=1S/C11H16N2O3/c1-9(12-7-4-8-14)10-5-2-3-6-11(10)13(15)16/h2-3,5-6,9,12,14H,4,7-8H2,1H3. The van der Waals surface area contributed by atoms with Crippen LogP contribution in [0.2, 0.25) is 0 Å². The first kappa shape index (κ1) is 12.6. The summed E-state index contributed by atoms with van der Waals surface area (Å²) in [7, 11) is 0. The topological polar surface area (TPSA) is 75.4 Å². The zero-order valence-corrected chi connectivity index (χ0v) is 9.22. The molecule has 0 heterocycles. The molecule has 1 unspecified atom stereocenters. The highest BCUT2D eigenvalue weighted by Gasteiger charge is 2.16. The van der Waals surface area contributed by atoms with Gasteiger partial charge in [-0.25, -0.2) is 0 Å². The van der Waals surface area contributed by atoms with Gasteiger partial charge in [0, 0.05) is 24.3 Å². The van der Waals surface area contributed by atoms with Crippen molar-refractivity contribution in [1.82, 2.24) is 5.32 Å². The van der Waals surface area contributed by atoms with Gasteiger partial charge in [-0.1, -0.05) is 18.2 Å². The quantitative estimate of drug-likeness (QED) is 0.437. The summed E-state index contributed by atoms with van der Waals surface area (Å²) in [5.41, 5.74) is 0.803. The molecule has 0 aliphatic carbocycles. The van der Waals surface area contributed by atoms with E-state index < -0.39 is 0 Å². The fourth-order valence-electron chi connectivity index (χ4n) is 1.53. The Labute approximate surface area is 94.3 Å². The number of hydrogen-bond donors (Lipinski definition) is 2. The van der Waals surface area contributed by atoms with E-state index in [9.17, 15) is 10.1 Å². The van der Waals surface area contributed by atoms with Gasteiger partial charge < -0.3 is 10.4 Å². The van der Waals surface area contributed by atoms with Gasteiger partial charge in [0.15, 0.2) is 0 Å². The van der Waals surface area contributed by atoms with Crippen LogP contribution in [0.5, 0.6) is 0 Å². The van der Waals surface area contributed by atoms with E-state index in [4.69, 9.17) is 5.11 Å². The average molecular weight is 224 g/mol. The Morgan fingerprint density at radius 2 is 2.19 bits per heavy atom. The van der Waals surface area contributed by atoms with Crippen LogP contribution in [0.4, 0.5) is 5.69 Å². The molecule has 0 aromatic heterocycles. The van der Waals surface area contributed by atoms with Gasteiger partial charge in [-0.15, -0.1) is 0 Å². The minimum Gasteiger partial charge on any atom is -0.396 e. The zero-order valence-electron chi connectivity index (χ0n) is 9.22. The van der Waals surface area contributed by atoms with Gasteiger partial charge in [-0.3, -0.25) is 10.1 Å². The second kappa shape index (κ2) is 6.19. The molecule has 0 radical (unpaired) electrons. The third-order valence-corrected chi connectivity index (χ3v) is 2.39.